The zero-order valence-electron chi connectivity index (χ0n) is 16.6. The molecule has 0 amide bonds. The van der Waals surface area contributed by atoms with Gasteiger partial charge in [0, 0.05) is 17.6 Å². The summed E-state index contributed by atoms with van der Waals surface area (Å²) >= 11 is 12.7. The summed E-state index contributed by atoms with van der Waals surface area (Å²) in [6.45, 7) is 1.69. The van der Waals surface area contributed by atoms with Crippen LogP contribution >= 0.6 is 34.5 Å². The summed E-state index contributed by atoms with van der Waals surface area (Å²) in [4.78, 5) is 34.0. The van der Waals surface area contributed by atoms with E-state index in [1.165, 1.54) is 22.9 Å². The van der Waals surface area contributed by atoms with Gasteiger partial charge in [0.15, 0.2) is 15.6 Å². The molecule has 0 aliphatic rings. The van der Waals surface area contributed by atoms with Crippen molar-refractivity contribution in [1.82, 2.24) is 14.5 Å². The van der Waals surface area contributed by atoms with Gasteiger partial charge in [-0.15, -0.1) is 11.3 Å². The minimum Gasteiger partial charge on any atom is -0.298 e. The number of pyridine rings is 1. The normalized spacial score (nSPS) is 11.7. The highest BCUT2D eigenvalue weighted by molar-refractivity contribution is 7.94. The molecule has 11 heteroatoms. The van der Waals surface area contributed by atoms with E-state index < -0.39 is 21.4 Å². The fraction of sp³-hybridized carbons (Fsp3) is 0.143. The third kappa shape index (κ3) is 4.61. The molecule has 3 aromatic heterocycles. The monoisotopic (exact) mass is 507 g/mol. The van der Waals surface area contributed by atoms with Crippen molar-refractivity contribution in [1.29, 1.82) is 0 Å². The zero-order valence-corrected chi connectivity index (χ0v) is 19.7. The van der Waals surface area contributed by atoms with E-state index in [1.807, 2.05) is 0 Å². The Labute approximate surface area is 197 Å². The number of aryl methyl sites for hydroxylation is 1. The number of aromatic nitrogens is 3. The molecule has 0 fully saturated rings. The minimum absolute atomic E-state index is 0.0584. The summed E-state index contributed by atoms with van der Waals surface area (Å²) in [7, 11) is -3.75. The number of rotatable bonds is 6. The number of fused-ring (bicyclic) bond motifs is 1. The van der Waals surface area contributed by atoms with Crippen LogP contribution in [0, 0.1) is 6.92 Å². The van der Waals surface area contributed by atoms with Crippen molar-refractivity contribution in [3.63, 3.8) is 0 Å². The molecule has 7 nitrogen and oxygen atoms in total. The molecule has 0 saturated carbocycles. The van der Waals surface area contributed by atoms with E-state index in [0.29, 0.717) is 37.5 Å². The number of thiophene rings is 1. The molecule has 0 aliphatic carbocycles. The molecule has 0 unspecified atom stereocenters. The van der Waals surface area contributed by atoms with Crippen molar-refractivity contribution in [2.45, 2.75) is 17.6 Å². The molecular weight excluding hydrogens is 493 g/mol. The van der Waals surface area contributed by atoms with Gasteiger partial charge in [0.1, 0.15) is 21.6 Å². The van der Waals surface area contributed by atoms with Crippen molar-refractivity contribution in [3.8, 4) is 5.82 Å². The first kappa shape index (κ1) is 22.6. The van der Waals surface area contributed by atoms with Gasteiger partial charge in [-0.1, -0.05) is 29.3 Å². The van der Waals surface area contributed by atoms with Crippen LogP contribution in [-0.2, 0) is 21.1 Å². The Morgan fingerprint density at radius 3 is 2.56 bits per heavy atom. The topological polar surface area (TPSA) is 99.0 Å². The lowest BCUT2D eigenvalue weighted by Gasteiger charge is -2.10. The highest BCUT2D eigenvalue weighted by Gasteiger charge is 2.21. The molecule has 0 saturated heterocycles. The first-order valence-corrected chi connectivity index (χ1v) is 12.5. The van der Waals surface area contributed by atoms with Gasteiger partial charge in [-0.2, -0.15) is 0 Å². The van der Waals surface area contributed by atoms with Crippen molar-refractivity contribution < 1.29 is 13.2 Å². The quantitative estimate of drug-likeness (QED) is 0.390. The Morgan fingerprint density at radius 2 is 1.91 bits per heavy atom. The largest absolute Gasteiger partial charge is 0.298 e. The zero-order chi connectivity index (χ0) is 23.0. The van der Waals surface area contributed by atoms with Crippen molar-refractivity contribution >= 4 is 61.1 Å². The van der Waals surface area contributed by atoms with Gasteiger partial charge in [-0.3, -0.25) is 9.59 Å². The molecule has 0 spiro atoms. The maximum atomic E-state index is 13.0. The molecule has 4 aromatic rings. The Hall–Kier alpha value is -2.59. The molecule has 0 radical (unpaired) electrons. The molecule has 0 bridgehead atoms. The van der Waals surface area contributed by atoms with E-state index in [-0.39, 0.29) is 16.2 Å². The van der Waals surface area contributed by atoms with Gasteiger partial charge < -0.3 is 0 Å². The Kier molecular flexibility index (Phi) is 6.17. The van der Waals surface area contributed by atoms with Crippen molar-refractivity contribution in [2.75, 3.05) is 5.75 Å². The van der Waals surface area contributed by atoms with Gasteiger partial charge in [0.2, 0.25) is 0 Å². The second-order valence-electron chi connectivity index (χ2n) is 7.02. The first-order chi connectivity index (χ1) is 15.1. The highest BCUT2D eigenvalue weighted by atomic mass is 35.5. The maximum Gasteiger partial charge on any atom is 0.267 e. The molecule has 0 N–H and O–H groups in total. The Balaban J connectivity index is 1.56. The van der Waals surface area contributed by atoms with Gasteiger partial charge in [-0.05, 0) is 48.9 Å². The predicted octanol–water partition coefficient (Wildman–Crippen LogP) is 4.04. The number of ketones is 1. The third-order valence-corrected chi connectivity index (χ3v) is 8.37. The fourth-order valence-corrected chi connectivity index (χ4v) is 6.20. The number of hydrogen-bond donors (Lipinski definition) is 0. The van der Waals surface area contributed by atoms with Crippen LogP contribution in [0.5, 0.6) is 0 Å². The third-order valence-electron chi connectivity index (χ3n) is 4.64. The lowest BCUT2D eigenvalue weighted by molar-refractivity contribution is -0.116. The number of Topliss-reactive ketones (excluding diaryl/α,β-unsaturated/α-hetero) is 1. The number of carbonyl (C=O) groups excluding carboxylic acids is 1. The molecule has 164 valence electrons. The summed E-state index contributed by atoms with van der Waals surface area (Å²) in [5.74, 6) is -0.320. The van der Waals surface area contributed by atoms with E-state index in [2.05, 4.69) is 9.97 Å². The van der Waals surface area contributed by atoms with E-state index in [0.717, 1.165) is 11.3 Å². The highest BCUT2D eigenvalue weighted by Crippen LogP contribution is 2.26. The number of benzene rings is 1. The van der Waals surface area contributed by atoms with Crippen molar-refractivity contribution in [2.24, 2.45) is 0 Å². The smallest absolute Gasteiger partial charge is 0.267 e. The van der Waals surface area contributed by atoms with Crippen LogP contribution in [0.1, 0.15) is 11.4 Å². The summed E-state index contributed by atoms with van der Waals surface area (Å²) < 4.78 is 26.5. The summed E-state index contributed by atoms with van der Waals surface area (Å²) in [6, 6.07) is 11.0. The lowest BCUT2D eigenvalue weighted by atomic mass is 10.1. The molecular formula is C21H15Cl2N3O4S2. The maximum absolute atomic E-state index is 13.0. The standard InChI is InChI=1S/C21H15Cl2N3O4S2/c1-12-25-17-4-3-14(22)9-16(17)21(28)26(12)19-6-2-13(10-24-19)8-15(27)11-32(29,30)20-7-5-18(23)31-20/h2-7,9-10H,8,11H2,1H3. The van der Waals surface area contributed by atoms with Crippen molar-refractivity contribution in [3.05, 3.63) is 79.8 Å². The molecule has 1 aromatic carbocycles. The number of nitrogens with zero attached hydrogens (tertiary/aromatic N) is 3. The fourth-order valence-electron chi connectivity index (χ4n) is 3.22. The number of halogens is 2. The lowest BCUT2D eigenvalue weighted by Crippen LogP contribution is -2.23. The molecule has 3 heterocycles. The Morgan fingerprint density at radius 1 is 1.12 bits per heavy atom. The van der Waals surface area contributed by atoms with E-state index in [4.69, 9.17) is 23.2 Å². The van der Waals surface area contributed by atoms with Gasteiger partial charge >= 0.3 is 0 Å². The summed E-state index contributed by atoms with van der Waals surface area (Å²) in [5, 5.41) is 0.788. The van der Waals surface area contributed by atoms with E-state index >= 15 is 0 Å². The van der Waals surface area contributed by atoms with E-state index in [9.17, 15) is 18.0 Å². The molecule has 0 aliphatic heterocycles. The average molecular weight is 508 g/mol. The summed E-state index contributed by atoms with van der Waals surface area (Å²) in [5.41, 5.74) is 0.747. The average Bonchev–Trinajstić information content (AvgIpc) is 3.17. The first-order valence-electron chi connectivity index (χ1n) is 9.28. The van der Waals surface area contributed by atoms with Crippen LogP contribution in [0.4, 0.5) is 0 Å². The van der Waals surface area contributed by atoms with Crippen LogP contribution in [0.25, 0.3) is 16.7 Å². The predicted molar refractivity (Wildman–Crippen MR) is 125 cm³/mol. The van der Waals surface area contributed by atoms with Crippen LogP contribution in [0.3, 0.4) is 0 Å². The van der Waals surface area contributed by atoms with Gasteiger partial charge in [0.25, 0.3) is 5.56 Å². The minimum atomic E-state index is -3.75. The second kappa shape index (κ2) is 8.74. The van der Waals surface area contributed by atoms with Gasteiger partial charge in [-0.25, -0.2) is 23.0 Å². The molecule has 4 rings (SSSR count). The van der Waals surface area contributed by atoms with Crippen LogP contribution in [0.15, 0.2) is 57.7 Å². The number of carbonyl (C=O) groups is 1. The SMILES string of the molecule is Cc1nc2ccc(Cl)cc2c(=O)n1-c1ccc(CC(=O)CS(=O)(=O)c2ccc(Cl)s2)cn1. The van der Waals surface area contributed by atoms with Crippen LogP contribution in [-0.4, -0.2) is 34.5 Å². The van der Waals surface area contributed by atoms with E-state index in [1.54, 1.807) is 37.3 Å². The second-order valence-corrected chi connectivity index (χ2v) is 11.4. The number of hydrogen-bond acceptors (Lipinski definition) is 7. The van der Waals surface area contributed by atoms with Crippen LogP contribution in [0.2, 0.25) is 9.36 Å². The molecule has 0 atom stereocenters. The number of sulfone groups is 1. The van der Waals surface area contributed by atoms with Gasteiger partial charge in [0.05, 0.1) is 15.2 Å². The summed E-state index contributed by atoms with van der Waals surface area (Å²) in [6.07, 6.45) is 1.33. The molecule has 32 heavy (non-hydrogen) atoms. The van der Waals surface area contributed by atoms with Crippen LogP contribution < -0.4 is 5.56 Å². The Bertz CT molecular complexity index is 1510.